The summed E-state index contributed by atoms with van der Waals surface area (Å²) in [5, 5.41) is 20.9. The zero-order valence-corrected chi connectivity index (χ0v) is 17.6. The molecule has 4 nitrogen and oxygen atoms in total. The van der Waals surface area contributed by atoms with Gasteiger partial charge in [0.05, 0.1) is 27.3 Å². The highest BCUT2D eigenvalue weighted by molar-refractivity contribution is 7.97. The van der Waals surface area contributed by atoms with Crippen LogP contribution in [0, 0.1) is 0 Å². The van der Waals surface area contributed by atoms with Crippen LogP contribution >= 0.6 is 0 Å². The lowest BCUT2D eigenvalue weighted by Crippen LogP contribution is -2.11. The van der Waals surface area contributed by atoms with Gasteiger partial charge in [0.2, 0.25) is 0 Å². The van der Waals surface area contributed by atoms with Crippen LogP contribution in [-0.4, -0.2) is 14.8 Å². The number of pyridine rings is 1. The minimum Gasteiger partial charge on any atom is -0.508 e. The van der Waals surface area contributed by atoms with Gasteiger partial charge in [-0.25, -0.2) is 0 Å². The normalized spacial score (nSPS) is 11.4. The SMILES string of the molecule is Cn1c2ccccc2c(=O)c2cc([S+](c3ccc(O)cc3)c3ccc(O)cc3)ccc21. The van der Waals surface area contributed by atoms with E-state index in [2.05, 4.69) is 10.6 Å². The van der Waals surface area contributed by atoms with Crippen LogP contribution in [0.3, 0.4) is 0 Å². The maximum atomic E-state index is 13.3. The summed E-state index contributed by atoms with van der Waals surface area (Å²) in [4.78, 5) is 16.3. The molecule has 0 aliphatic heterocycles. The van der Waals surface area contributed by atoms with Crippen LogP contribution in [0.15, 0.2) is 110 Å². The fourth-order valence-electron chi connectivity index (χ4n) is 3.92. The van der Waals surface area contributed by atoms with E-state index in [0.717, 1.165) is 25.7 Å². The first-order valence-corrected chi connectivity index (χ1v) is 11.1. The lowest BCUT2D eigenvalue weighted by Gasteiger charge is -2.12. The maximum Gasteiger partial charge on any atom is 0.197 e. The number of fused-ring (bicyclic) bond motifs is 2. The number of aromatic hydroxyl groups is 2. The molecule has 0 aliphatic rings. The van der Waals surface area contributed by atoms with Crippen LogP contribution in [0.4, 0.5) is 0 Å². The van der Waals surface area contributed by atoms with Gasteiger partial charge >= 0.3 is 0 Å². The van der Waals surface area contributed by atoms with Gasteiger partial charge in [-0.2, -0.15) is 0 Å². The summed E-state index contributed by atoms with van der Waals surface area (Å²) in [5.74, 6) is 0.411. The van der Waals surface area contributed by atoms with E-state index in [9.17, 15) is 15.0 Å². The second-order valence-corrected chi connectivity index (χ2v) is 9.40. The van der Waals surface area contributed by atoms with Gasteiger partial charge in [0, 0.05) is 18.5 Å². The molecule has 5 heteroatoms. The molecule has 152 valence electrons. The van der Waals surface area contributed by atoms with E-state index < -0.39 is 10.9 Å². The Kier molecular flexibility index (Phi) is 4.68. The van der Waals surface area contributed by atoms with Gasteiger partial charge in [-0.3, -0.25) is 4.79 Å². The van der Waals surface area contributed by atoms with Gasteiger partial charge in [0.15, 0.2) is 20.1 Å². The molecular formula is C26H20NO3S+. The van der Waals surface area contributed by atoms with Crippen molar-refractivity contribution in [2.75, 3.05) is 0 Å². The standard InChI is InChI=1S/C26H19NO3S/c1-27-24-5-3-2-4-22(24)26(30)23-16-21(14-15-25(23)27)31(19-10-6-17(28)7-11-19)20-12-8-18(29)9-13-20/h2-16H,1H3,(H-,28,29)/p+1. The second-order valence-electron chi connectivity index (χ2n) is 7.38. The molecule has 0 unspecified atom stereocenters. The van der Waals surface area contributed by atoms with Crippen LogP contribution in [-0.2, 0) is 17.9 Å². The Morgan fingerprint density at radius 1 is 0.645 bits per heavy atom. The van der Waals surface area contributed by atoms with Crippen molar-refractivity contribution >= 4 is 32.7 Å². The number of rotatable bonds is 3. The highest BCUT2D eigenvalue weighted by Gasteiger charge is 2.29. The van der Waals surface area contributed by atoms with Crippen molar-refractivity contribution in [3.8, 4) is 11.5 Å². The van der Waals surface area contributed by atoms with Gasteiger partial charge < -0.3 is 14.8 Å². The molecule has 0 fully saturated rings. The maximum absolute atomic E-state index is 13.3. The topological polar surface area (TPSA) is 62.5 Å². The number of phenols is 2. The molecule has 0 aliphatic carbocycles. The van der Waals surface area contributed by atoms with Crippen molar-refractivity contribution in [3.63, 3.8) is 0 Å². The van der Waals surface area contributed by atoms with E-state index in [1.165, 1.54) is 0 Å². The minimum absolute atomic E-state index is 0.0190. The van der Waals surface area contributed by atoms with E-state index in [0.29, 0.717) is 10.8 Å². The highest BCUT2D eigenvalue weighted by atomic mass is 32.2. The third kappa shape index (κ3) is 3.33. The average Bonchev–Trinajstić information content (AvgIpc) is 2.80. The zero-order chi connectivity index (χ0) is 21.5. The average molecular weight is 427 g/mol. The van der Waals surface area contributed by atoms with E-state index in [1.54, 1.807) is 24.3 Å². The Morgan fingerprint density at radius 3 is 1.77 bits per heavy atom. The Balaban J connectivity index is 1.77. The first-order chi connectivity index (χ1) is 15.0. The Hall–Kier alpha value is -3.70. The van der Waals surface area contributed by atoms with Gasteiger partial charge in [-0.1, -0.05) is 12.1 Å². The summed E-state index contributed by atoms with van der Waals surface area (Å²) in [6, 6.07) is 28.0. The Labute approximate surface area is 182 Å². The molecule has 0 saturated carbocycles. The predicted molar refractivity (Wildman–Crippen MR) is 125 cm³/mol. The number of aryl methyl sites for hydroxylation is 1. The number of benzene rings is 4. The molecule has 0 amide bonds. The number of phenolic OH excluding ortho intramolecular Hbond substituents is 2. The molecule has 4 aromatic carbocycles. The molecular weight excluding hydrogens is 406 g/mol. The fourth-order valence-corrected chi connectivity index (χ4v) is 5.99. The lowest BCUT2D eigenvalue weighted by atomic mass is 10.1. The van der Waals surface area contributed by atoms with E-state index >= 15 is 0 Å². The van der Waals surface area contributed by atoms with Crippen molar-refractivity contribution in [1.82, 2.24) is 4.57 Å². The predicted octanol–water partition coefficient (Wildman–Crippen LogP) is 5.20. The largest absolute Gasteiger partial charge is 0.508 e. The molecule has 0 bridgehead atoms. The summed E-state index contributed by atoms with van der Waals surface area (Å²) in [7, 11) is 1.47. The van der Waals surface area contributed by atoms with E-state index in [4.69, 9.17) is 0 Å². The van der Waals surface area contributed by atoms with Gasteiger partial charge in [0.1, 0.15) is 11.5 Å². The lowest BCUT2D eigenvalue weighted by molar-refractivity contribution is 0.474. The third-order valence-electron chi connectivity index (χ3n) is 5.46. The number of para-hydroxylation sites is 1. The first-order valence-electron chi connectivity index (χ1n) is 9.87. The summed E-state index contributed by atoms with van der Waals surface area (Å²) in [5.41, 5.74) is 1.81. The molecule has 0 atom stereocenters. The van der Waals surface area contributed by atoms with Gasteiger partial charge in [0.25, 0.3) is 0 Å². The first kappa shape index (κ1) is 19.3. The van der Waals surface area contributed by atoms with E-state index in [1.807, 2.05) is 67.7 Å². The molecule has 5 aromatic rings. The van der Waals surface area contributed by atoms with Crippen LogP contribution in [0.25, 0.3) is 21.8 Å². The molecule has 1 heterocycles. The molecule has 1 aromatic heterocycles. The summed E-state index contributed by atoms with van der Waals surface area (Å²) in [6.07, 6.45) is 0. The van der Waals surface area contributed by atoms with Crippen LogP contribution < -0.4 is 5.43 Å². The summed E-state index contributed by atoms with van der Waals surface area (Å²) < 4.78 is 2.05. The van der Waals surface area contributed by atoms with Crippen molar-refractivity contribution in [1.29, 1.82) is 0 Å². The number of nitrogens with zero attached hydrogens (tertiary/aromatic N) is 1. The number of hydrogen-bond donors (Lipinski definition) is 2. The highest BCUT2D eigenvalue weighted by Crippen LogP contribution is 2.34. The van der Waals surface area contributed by atoms with Crippen molar-refractivity contribution in [3.05, 3.63) is 101 Å². The quantitative estimate of drug-likeness (QED) is 0.308. The van der Waals surface area contributed by atoms with Gasteiger partial charge in [-0.05, 0) is 72.8 Å². The molecule has 5 rings (SSSR count). The number of hydrogen-bond acceptors (Lipinski definition) is 3. The van der Waals surface area contributed by atoms with E-state index in [-0.39, 0.29) is 16.9 Å². The monoisotopic (exact) mass is 426 g/mol. The smallest absolute Gasteiger partial charge is 0.197 e. The van der Waals surface area contributed by atoms with Gasteiger partial charge in [-0.15, -0.1) is 0 Å². The van der Waals surface area contributed by atoms with Crippen LogP contribution in [0.1, 0.15) is 0 Å². The van der Waals surface area contributed by atoms with Crippen molar-refractivity contribution in [2.24, 2.45) is 7.05 Å². The van der Waals surface area contributed by atoms with Crippen LogP contribution in [0.5, 0.6) is 11.5 Å². The second kappa shape index (κ2) is 7.52. The Morgan fingerprint density at radius 2 is 1.16 bits per heavy atom. The Bertz CT molecular complexity index is 1430. The van der Waals surface area contributed by atoms with Crippen molar-refractivity contribution < 1.29 is 10.2 Å². The number of aromatic nitrogens is 1. The van der Waals surface area contributed by atoms with Crippen molar-refractivity contribution in [2.45, 2.75) is 14.7 Å². The van der Waals surface area contributed by atoms with Crippen LogP contribution in [0.2, 0.25) is 0 Å². The zero-order valence-electron chi connectivity index (χ0n) is 16.8. The summed E-state index contributed by atoms with van der Waals surface area (Å²) >= 11 is 0. The summed E-state index contributed by atoms with van der Waals surface area (Å²) in [6.45, 7) is 0. The molecule has 31 heavy (non-hydrogen) atoms. The molecule has 0 saturated heterocycles. The fraction of sp³-hybridized carbons (Fsp3) is 0.0385. The molecule has 2 N–H and O–H groups in total. The minimum atomic E-state index is -0.506. The molecule has 0 radical (unpaired) electrons. The third-order valence-corrected chi connectivity index (χ3v) is 7.68. The molecule has 0 spiro atoms.